The number of benzene rings is 3. The zero-order valence-electron chi connectivity index (χ0n) is 14.5. The molecule has 0 aliphatic carbocycles. The monoisotopic (exact) mass is 380 g/mol. The van der Waals surface area contributed by atoms with Crippen molar-refractivity contribution in [2.45, 2.75) is 0 Å². The molecule has 3 aromatic carbocycles. The Hall–Kier alpha value is -3.31. The van der Waals surface area contributed by atoms with E-state index in [0.717, 1.165) is 0 Å². The number of anilines is 2. The van der Waals surface area contributed by atoms with Gasteiger partial charge in [0.1, 0.15) is 5.75 Å². The average molecular weight is 381 g/mol. The summed E-state index contributed by atoms with van der Waals surface area (Å²) < 4.78 is 5.14. The van der Waals surface area contributed by atoms with Gasteiger partial charge in [0.15, 0.2) is 0 Å². The predicted octanol–water partition coefficient (Wildman–Crippen LogP) is 4.85. The Kier molecular flexibility index (Phi) is 5.74. The number of amides is 2. The first-order valence-corrected chi connectivity index (χ1v) is 8.56. The second-order valence-electron chi connectivity index (χ2n) is 5.69. The molecule has 0 fully saturated rings. The van der Waals surface area contributed by atoms with Crippen LogP contribution in [0.3, 0.4) is 0 Å². The number of ether oxygens (including phenoxy) is 1. The Bertz CT molecular complexity index is 971. The topological polar surface area (TPSA) is 67.4 Å². The van der Waals surface area contributed by atoms with E-state index in [-0.39, 0.29) is 11.8 Å². The molecule has 2 amide bonds. The molecule has 0 bridgehead atoms. The molecule has 5 nitrogen and oxygen atoms in total. The highest BCUT2D eigenvalue weighted by molar-refractivity contribution is 6.30. The van der Waals surface area contributed by atoms with E-state index < -0.39 is 0 Å². The molecule has 136 valence electrons. The van der Waals surface area contributed by atoms with Gasteiger partial charge in [0.25, 0.3) is 11.8 Å². The lowest BCUT2D eigenvalue weighted by atomic mass is 10.1. The van der Waals surface area contributed by atoms with E-state index in [2.05, 4.69) is 10.6 Å². The van der Waals surface area contributed by atoms with E-state index >= 15 is 0 Å². The summed E-state index contributed by atoms with van der Waals surface area (Å²) >= 11 is 5.86. The number of nitrogens with one attached hydrogen (secondary N) is 2. The van der Waals surface area contributed by atoms with Crippen molar-refractivity contribution in [3.63, 3.8) is 0 Å². The standard InChI is InChI=1S/C21H17ClN2O3/c1-27-17-6-4-5-14(13-17)20(25)24-19-8-3-2-7-18(19)21(26)23-16-11-9-15(22)10-12-16/h2-13H,1H3,(H,23,26)(H,24,25). The minimum Gasteiger partial charge on any atom is -0.497 e. The van der Waals surface area contributed by atoms with Gasteiger partial charge in [-0.1, -0.05) is 29.8 Å². The Morgan fingerprint density at radius 1 is 0.852 bits per heavy atom. The molecule has 6 heteroatoms. The average Bonchev–Trinajstić information content (AvgIpc) is 2.70. The van der Waals surface area contributed by atoms with Gasteiger partial charge in [0.05, 0.1) is 18.4 Å². The quantitative estimate of drug-likeness (QED) is 0.664. The molecular formula is C21H17ClN2O3. The summed E-state index contributed by atoms with van der Waals surface area (Å²) in [6.07, 6.45) is 0. The first-order valence-electron chi connectivity index (χ1n) is 8.18. The largest absolute Gasteiger partial charge is 0.497 e. The van der Waals surface area contributed by atoms with Crippen LogP contribution >= 0.6 is 11.6 Å². The van der Waals surface area contributed by atoms with Crippen LogP contribution < -0.4 is 15.4 Å². The highest BCUT2D eigenvalue weighted by Gasteiger charge is 2.14. The molecule has 0 aliphatic rings. The van der Waals surface area contributed by atoms with Gasteiger partial charge < -0.3 is 15.4 Å². The maximum atomic E-state index is 12.6. The Morgan fingerprint density at radius 2 is 1.59 bits per heavy atom. The molecule has 0 saturated carbocycles. The van der Waals surface area contributed by atoms with Crippen molar-refractivity contribution >= 4 is 34.8 Å². The molecule has 0 saturated heterocycles. The molecule has 0 radical (unpaired) electrons. The van der Waals surface area contributed by atoms with Gasteiger partial charge >= 0.3 is 0 Å². The fourth-order valence-electron chi connectivity index (χ4n) is 2.48. The number of para-hydroxylation sites is 1. The number of halogens is 1. The summed E-state index contributed by atoms with van der Waals surface area (Å²) in [6.45, 7) is 0. The molecule has 0 spiro atoms. The molecule has 3 rings (SSSR count). The van der Waals surface area contributed by atoms with E-state index in [4.69, 9.17) is 16.3 Å². The molecule has 0 aliphatic heterocycles. The van der Waals surface area contributed by atoms with Gasteiger partial charge in [0.2, 0.25) is 0 Å². The van der Waals surface area contributed by atoms with Crippen LogP contribution in [-0.4, -0.2) is 18.9 Å². The number of rotatable bonds is 5. The van der Waals surface area contributed by atoms with Crippen LogP contribution in [0.4, 0.5) is 11.4 Å². The molecule has 2 N–H and O–H groups in total. The number of carbonyl (C=O) groups is 2. The highest BCUT2D eigenvalue weighted by atomic mass is 35.5. The molecule has 0 atom stereocenters. The lowest BCUT2D eigenvalue weighted by molar-refractivity contribution is 0.102. The van der Waals surface area contributed by atoms with E-state index in [1.807, 2.05) is 0 Å². The van der Waals surface area contributed by atoms with Crippen molar-refractivity contribution in [2.24, 2.45) is 0 Å². The fourth-order valence-corrected chi connectivity index (χ4v) is 2.61. The lowest BCUT2D eigenvalue weighted by Gasteiger charge is -2.12. The number of hydrogen-bond donors (Lipinski definition) is 2. The first kappa shape index (κ1) is 18.5. The van der Waals surface area contributed by atoms with Crippen molar-refractivity contribution in [1.82, 2.24) is 0 Å². The third-order valence-corrected chi connectivity index (χ3v) is 4.11. The molecule has 27 heavy (non-hydrogen) atoms. The number of methoxy groups -OCH3 is 1. The molecular weight excluding hydrogens is 364 g/mol. The smallest absolute Gasteiger partial charge is 0.257 e. The fraction of sp³-hybridized carbons (Fsp3) is 0.0476. The van der Waals surface area contributed by atoms with E-state index in [1.165, 1.54) is 7.11 Å². The van der Waals surface area contributed by atoms with Crippen molar-refractivity contribution in [1.29, 1.82) is 0 Å². The molecule has 3 aromatic rings. The molecule has 0 unspecified atom stereocenters. The first-order chi connectivity index (χ1) is 13.1. The van der Waals surface area contributed by atoms with Gasteiger partial charge in [-0.05, 0) is 54.6 Å². The summed E-state index contributed by atoms with van der Waals surface area (Å²) in [6, 6.07) is 20.4. The third kappa shape index (κ3) is 4.65. The zero-order valence-corrected chi connectivity index (χ0v) is 15.3. The van der Waals surface area contributed by atoms with Gasteiger partial charge in [-0.3, -0.25) is 9.59 Å². The molecule has 0 heterocycles. The summed E-state index contributed by atoms with van der Waals surface area (Å²) in [5.41, 5.74) is 1.81. The Labute approximate surface area is 161 Å². The minimum atomic E-state index is -0.334. The van der Waals surface area contributed by atoms with Crippen molar-refractivity contribution in [2.75, 3.05) is 17.7 Å². The van der Waals surface area contributed by atoms with E-state index in [0.29, 0.717) is 33.3 Å². The summed E-state index contributed by atoms with van der Waals surface area (Å²) in [4.78, 5) is 25.2. The lowest BCUT2D eigenvalue weighted by Crippen LogP contribution is -2.18. The SMILES string of the molecule is COc1cccc(C(=O)Nc2ccccc2C(=O)Nc2ccc(Cl)cc2)c1. The van der Waals surface area contributed by atoms with Gasteiger partial charge in [-0.25, -0.2) is 0 Å². The van der Waals surface area contributed by atoms with E-state index in [1.54, 1.807) is 72.8 Å². The Balaban J connectivity index is 1.79. The second-order valence-corrected chi connectivity index (χ2v) is 6.13. The Morgan fingerprint density at radius 3 is 2.33 bits per heavy atom. The van der Waals surface area contributed by atoms with Crippen molar-refractivity contribution < 1.29 is 14.3 Å². The number of carbonyl (C=O) groups excluding carboxylic acids is 2. The van der Waals surface area contributed by atoms with E-state index in [9.17, 15) is 9.59 Å². The van der Waals surface area contributed by atoms with Crippen LogP contribution in [0.25, 0.3) is 0 Å². The van der Waals surface area contributed by atoms with Crippen LogP contribution in [0, 0.1) is 0 Å². The maximum Gasteiger partial charge on any atom is 0.257 e. The van der Waals surface area contributed by atoms with Crippen LogP contribution in [0.2, 0.25) is 5.02 Å². The normalized spacial score (nSPS) is 10.1. The van der Waals surface area contributed by atoms with Crippen molar-refractivity contribution in [3.8, 4) is 5.75 Å². The summed E-state index contributed by atoms with van der Waals surface area (Å²) in [7, 11) is 1.54. The third-order valence-electron chi connectivity index (χ3n) is 3.85. The van der Waals surface area contributed by atoms with Gasteiger partial charge in [-0.15, -0.1) is 0 Å². The van der Waals surface area contributed by atoms with Crippen LogP contribution in [0.5, 0.6) is 5.75 Å². The van der Waals surface area contributed by atoms with Gasteiger partial charge in [0, 0.05) is 16.3 Å². The number of hydrogen-bond acceptors (Lipinski definition) is 3. The van der Waals surface area contributed by atoms with Crippen LogP contribution in [0.1, 0.15) is 20.7 Å². The maximum absolute atomic E-state index is 12.6. The highest BCUT2D eigenvalue weighted by Crippen LogP contribution is 2.20. The van der Waals surface area contributed by atoms with Crippen LogP contribution in [-0.2, 0) is 0 Å². The van der Waals surface area contributed by atoms with Crippen LogP contribution in [0.15, 0.2) is 72.8 Å². The minimum absolute atomic E-state index is 0.333. The summed E-state index contributed by atoms with van der Waals surface area (Å²) in [5, 5.41) is 6.15. The molecule has 0 aromatic heterocycles. The van der Waals surface area contributed by atoms with Crippen molar-refractivity contribution in [3.05, 3.63) is 88.9 Å². The zero-order chi connectivity index (χ0) is 19.2. The van der Waals surface area contributed by atoms with Gasteiger partial charge in [-0.2, -0.15) is 0 Å². The predicted molar refractivity (Wildman–Crippen MR) is 107 cm³/mol. The second kappa shape index (κ2) is 8.38. The summed E-state index contributed by atoms with van der Waals surface area (Å²) in [5.74, 6) is -0.0871.